The van der Waals surface area contributed by atoms with E-state index in [1.807, 2.05) is 12.1 Å². The van der Waals surface area contributed by atoms with Gasteiger partial charge in [-0.3, -0.25) is 4.79 Å². The lowest BCUT2D eigenvalue weighted by molar-refractivity contribution is 0.0950. The second-order valence-electron chi connectivity index (χ2n) is 6.97. The van der Waals surface area contributed by atoms with Crippen LogP contribution in [0.2, 0.25) is 0 Å². The van der Waals surface area contributed by atoms with Crippen LogP contribution in [0.4, 0.5) is 0 Å². The molecule has 156 valence electrons. The number of sulfonamides is 1. The molecule has 0 aromatic heterocycles. The topological polar surface area (TPSA) is 93.7 Å². The van der Waals surface area contributed by atoms with Crippen LogP contribution in [-0.4, -0.2) is 34.6 Å². The van der Waals surface area contributed by atoms with Crippen molar-refractivity contribution in [2.75, 3.05) is 14.2 Å². The largest absolute Gasteiger partial charge is 0.493 e. The SMILES string of the molecule is COc1cccc(CNC(=O)c2cccc(S(=O)(=O)NC3CCCC3)c2)c1OC. The summed E-state index contributed by atoms with van der Waals surface area (Å²) in [6.07, 6.45) is 3.76. The molecule has 1 aliphatic rings. The number of benzene rings is 2. The third-order valence-electron chi connectivity index (χ3n) is 5.01. The Balaban J connectivity index is 1.71. The minimum Gasteiger partial charge on any atom is -0.493 e. The minimum absolute atomic E-state index is 0.0296. The van der Waals surface area contributed by atoms with Gasteiger partial charge in [0.25, 0.3) is 5.91 Å². The van der Waals surface area contributed by atoms with Crippen molar-refractivity contribution in [2.45, 2.75) is 43.2 Å². The van der Waals surface area contributed by atoms with Gasteiger partial charge in [-0.05, 0) is 37.1 Å². The Hall–Kier alpha value is -2.58. The average molecular weight is 419 g/mol. The molecule has 0 spiro atoms. The number of methoxy groups -OCH3 is 2. The molecule has 0 atom stereocenters. The summed E-state index contributed by atoms with van der Waals surface area (Å²) in [7, 11) is -0.569. The Morgan fingerprint density at radius 3 is 2.48 bits per heavy atom. The van der Waals surface area contributed by atoms with Gasteiger partial charge in [0.15, 0.2) is 11.5 Å². The van der Waals surface area contributed by atoms with Crippen LogP contribution in [0.3, 0.4) is 0 Å². The second-order valence-corrected chi connectivity index (χ2v) is 8.68. The Morgan fingerprint density at radius 2 is 1.79 bits per heavy atom. The van der Waals surface area contributed by atoms with Crippen LogP contribution < -0.4 is 19.5 Å². The number of hydrogen-bond donors (Lipinski definition) is 2. The molecule has 7 nitrogen and oxygen atoms in total. The lowest BCUT2D eigenvalue weighted by atomic mass is 10.1. The molecular weight excluding hydrogens is 392 g/mol. The molecule has 1 fully saturated rings. The molecule has 2 aromatic carbocycles. The monoisotopic (exact) mass is 418 g/mol. The van der Waals surface area contributed by atoms with E-state index in [1.54, 1.807) is 25.3 Å². The van der Waals surface area contributed by atoms with Gasteiger partial charge < -0.3 is 14.8 Å². The summed E-state index contributed by atoms with van der Waals surface area (Å²) in [5, 5.41) is 2.80. The first-order valence-corrected chi connectivity index (χ1v) is 11.0. The van der Waals surface area contributed by atoms with Crippen LogP contribution in [0.1, 0.15) is 41.6 Å². The predicted molar refractivity (Wildman–Crippen MR) is 110 cm³/mol. The van der Waals surface area contributed by atoms with Gasteiger partial charge in [-0.1, -0.05) is 31.0 Å². The molecule has 3 rings (SSSR count). The molecule has 8 heteroatoms. The molecule has 1 aliphatic carbocycles. The summed E-state index contributed by atoms with van der Waals surface area (Å²) in [4.78, 5) is 12.7. The van der Waals surface area contributed by atoms with Gasteiger partial charge in [0.1, 0.15) is 0 Å². The second kappa shape index (κ2) is 9.28. The fourth-order valence-corrected chi connectivity index (χ4v) is 4.86. The van der Waals surface area contributed by atoms with Gasteiger partial charge in [-0.25, -0.2) is 13.1 Å². The van der Waals surface area contributed by atoms with Gasteiger partial charge >= 0.3 is 0 Å². The number of amides is 1. The Kier molecular flexibility index (Phi) is 6.76. The van der Waals surface area contributed by atoms with E-state index in [1.165, 1.54) is 19.2 Å². The maximum Gasteiger partial charge on any atom is 0.251 e. The number of rotatable bonds is 8. The van der Waals surface area contributed by atoms with Gasteiger partial charge in [0, 0.05) is 23.7 Å². The first-order chi connectivity index (χ1) is 13.9. The van der Waals surface area contributed by atoms with Crippen LogP contribution >= 0.6 is 0 Å². The van der Waals surface area contributed by atoms with E-state index in [0.29, 0.717) is 11.5 Å². The van der Waals surface area contributed by atoms with E-state index >= 15 is 0 Å². The van der Waals surface area contributed by atoms with Gasteiger partial charge in [-0.15, -0.1) is 0 Å². The molecule has 29 heavy (non-hydrogen) atoms. The zero-order valence-corrected chi connectivity index (χ0v) is 17.4. The molecule has 0 radical (unpaired) electrons. The van der Waals surface area contributed by atoms with Crippen molar-refractivity contribution < 1.29 is 22.7 Å². The lowest BCUT2D eigenvalue weighted by Gasteiger charge is -2.14. The summed E-state index contributed by atoms with van der Waals surface area (Å²) in [6, 6.07) is 11.4. The number of hydrogen-bond acceptors (Lipinski definition) is 5. The molecule has 2 aromatic rings. The van der Waals surface area contributed by atoms with Gasteiger partial charge in [-0.2, -0.15) is 0 Å². The summed E-state index contributed by atoms with van der Waals surface area (Å²) in [5.74, 6) is 0.755. The number of carbonyl (C=O) groups is 1. The van der Waals surface area contributed by atoms with Crippen LogP contribution in [0, 0.1) is 0 Å². The Labute approximate surface area is 171 Å². The summed E-state index contributed by atoms with van der Waals surface area (Å²) in [5.41, 5.74) is 1.04. The molecule has 2 N–H and O–H groups in total. The highest BCUT2D eigenvalue weighted by Crippen LogP contribution is 2.30. The zero-order valence-electron chi connectivity index (χ0n) is 16.6. The third kappa shape index (κ3) is 5.07. The summed E-state index contributed by atoms with van der Waals surface area (Å²) in [6.45, 7) is 0.219. The van der Waals surface area contributed by atoms with Crippen molar-refractivity contribution in [1.29, 1.82) is 0 Å². The number of ether oxygens (including phenoxy) is 2. The van der Waals surface area contributed by atoms with Crippen molar-refractivity contribution in [3.05, 3.63) is 53.6 Å². The van der Waals surface area contributed by atoms with E-state index in [0.717, 1.165) is 31.2 Å². The van der Waals surface area contributed by atoms with E-state index < -0.39 is 10.0 Å². The smallest absolute Gasteiger partial charge is 0.251 e. The van der Waals surface area contributed by atoms with E-state index in [2.05, 4.69) is 10.0 Å². The molecule has 0 heterocycles. The fourth-order valence-electron chi connectivity index (χ4n) is 3.51. The van der Waals surface area contributed by atoms with Crippen molar-refractivity contribution in [2.24, 2.45) is 0 Å². The molecule has 1 amide bonds. The fraction of sp³-hybridized carbons (Fsp3) is 0.381. The first kappa shape index (κ1) is 21.1. The van der Waals surface area contributed by atoms with Crippen molar-refractivity contribution in [1.82, 2.24) is 10.0 Å². The van der Waals surface area contributed by atoms with Crippen LogP contribution in [0.15, 0.2) is 47.4 Å². The van der Waals surface area contributed by atoms with Crippen molar-refractivity contribution in [3.63, 3.8) is 0 Å². The van der Waals surface area contributed by atoms with Crippen LogP contribution in [-0.2, 0) is 16.6 Å². The first-order valence-electron chi connectivity index (χ1n) is 9.55. The number of nitrogens with one attached hydrogen (secondary N) is 2. The van der Waals surface area contributed by atoms with E-state index in [-0.39, 0.29) is 29.0 Å². The number of para-hydroxylation sites is 1. The highest BCUT2D eigenvalue weighted by atomic mass is 32.2. The molecule has 0 unspecified atom stereocenters. The van der Waals surface area contributed by atoms with Crippen LogP contribution in [0.5, 0.6) is 11.5 Å². The highest BCUT2D eigenvalue weighted by Gasteiger charge is 2.23. The van der Waals surface area contributed by atoms with Crippen molar-refractivity contribution >= 4 is 15.9 Å². The van der Waals surface area contributed by atoms with E-state index in [4.69, 9.17) is 9.47 Å². The number of carbonyl (C=O) groups excluding carboxylic acids is 1. The lowest BCUT2D eigenvalue weighted by Crippen LogP contribution is -2.32. The summed E-state index contributed by atoms with van der Waals surface area (Å²) >= 11 is 0. The zero-order chi connectivity index (χ0) is 20.9. The molecule has 1 saturated carbocycles. The minimum atomic E-state index is -3.65. The molecule has 0 bridgehead atoms. The average Bonchev–Trinajstić information content (AvgIpc) is 3.23. The van der Waals surface area contributed by atoms with Gasteiger partial charge in [0.05, 0.1) is 19.1 Å². The molecular formula is C21H26N2O5S. The molecule has 0 saturated heterocycles. The Bertz CT molecular complexity index is 969. The highest BCUT2D eigenvalue weighted by molar-refractivity contribution is 7.89. The molecule has 0 aliphatic heterocycles. The quantitative estimate of drug-likeness (QED) is 0.688. The normalized spacial score (nSPS) is 14.6. The van der Waals surface area contributed by atoms with Gasteiger partial charge in [0.2, 0.25) is 10.0 Å². The van der Waals surface area contributed by atoms with E-state index in [9.17, 15) is 13.2 Å². The van der Waals surface area contributed by atoms with Crippen molar-refractivity contribution in [3.8, 4) is 11.5 Å². The Morgan fingerprint density at radius 1 is 1.07 bits per heavy atom. The maximum atomic E-state index is 12.6. The standard InChI is InChI=1S/C21H26N2O5S/c1-27-19-12-6-8-16(20(19)28-2)14-22-21(24)15-7-5-11-18(13-15)29(25,26)23-17-9-3-4-10-17/h5-8,11-13,17,23H,3-4,9-10,14H2,1-2H3,(H,22,24). The third-order valence-corrected chi connectivity index (χ3v) is 6.53. The maximum absolute atomic E-state index is 12.6. The predicted octanol–water partition coefficient (Wildman–Crippen LogP) is 2.85. The van der Waals surface area contributed by atoms with Crippen LogP contribution in [0.25, 0.3) is 0 Å². The summed E-state index contributed by atoms with van der Waals surface area (Å²) < 4.78 is 38.6.